The lowest BCUT2D eigenvalue weighted by Gasteiger charge is -2.30. The van der Waals surface area contributed by atoms with E-state index in [9.17, 15) is 18.9 Å². The number of nitro groups is 1. The van der Waals surface area contributed by atoms with E-state index in [0.29, 0.717) is 18.6 Å². The van der Waals surface area contributed by atoms with Crippen molar-refractivity contribution in [3.8, 4) is 0 Å². The van der Waals surface area contributed by atoms with E-state index >= 15 is 0 Å². The Morgan fingerprint density at radius 3 is 2.29 bits per heavy atom. The first kappa shape index (κ1) is 17.3. The minimum Gasteiger partial charge on any atom is -0.376 e. The lowest BCUT2D eigenvalue weighted by Crippen LogP contribution is -2.40. The molecule has 0 saturated heterocycles. The van der Waals surface area contributed by atoms with Gasteiger partial charge in [-0.15, -0.1) is 0 Å². The van der Waals surface area contributed by atoms with E-state index in [-0.39, 0.29) is 6.54 Å². The van der Waals surface area contributed by atoms with Crippen LogP contribution in [0.4, 0.5) is 20.2 Å². The lowest BCUT2D eigenvalue weighted by atomic mass is 10.2. The Balaban J connectivity index is 2.84. The minimum atomic E-state index is -1.22. The van der Waals surface area contributed by atoms with E-state index in [0.717, 1.165) is 12.1 Å². The van der Waals surface area contributed by atoms with Gasteiger partial charge in [-0.05, 0) is 33.8 Å². The summed E-state index contributed by atoms with van der Waals surface area (Å²) in [4.78, 5) is 12.3. The summed E-state index contributed by atoms with van der Waals surface area (Å²) in [7, 11) is 0. The normalized spacial score (nSPS) is 11.5. The van der Waals surface area contributed by atoms with Gasteiger partial charge in [0.05, 0.1) is 4.92 Å². The minimum absolute atomic E-state index is 0.289. The zero-order valence-corrected chi connectivity index (χ0v) is 12.7. The van der Waals surface area contributed by atoms with E-state index < -0.39 is 27.9 Å². The van der Waals surface area contributed by atoms with Crippen LogP contribution in [0.3, 0.4) is 0 Å². The highest BCUT2D eigenvalue weighted by Crippen LogP contribution is 2.28. The van der Waals surface area contributed by atoms with Crippen molar-refractivity contribution in [3.63, 3.8) is 0 Å². The van der Waals surface area contributed by atoms with Crippen LogP contribution < -0.4 is 5.32 Å². The monoisotopic (exact) mass is 301 g/mol. The van der Waals surface area contributed by atoms with Gasteiger partial charge in [-0.25, -0.2) is 8.78 Å². The van der Waals surface area contributed by atoms with Gasteiger partial charge in [0.1, 0.15) is 0 Å². The molecular weight excluding hydrogens is 280 g/mol. The van der Waals surface area contributed by atoms with Gasteiger partial charge >= 0.3 is 0 Å². The first-order chi connectivity index (χ1) is 9.75. The Morgan fingerprint density at radius 1 is 1.24 bits per heavy atom. The topological polar surface area (TPSA) is 58.4 Å². The second kappa shape index (κ2) is 7.31. The molecule has 7 heteroatoms. The van der Waals surface area contributed by atoms with Crippen LogP contribution in [0.2, 0.25) is 0 Å². The van der Waals surface area contributed by atoms with Crippen LogP contribution in [-0.2, 0) is 0 Å². The zero-order chi connectivity index (χ0) is 16.2. The molecule has 1 rings (SSSR count). The van der Waals surface area contributed by atoms with Crippen molar-refractivity contribution in [2.24, 2.45) is 0 Å². The number of halogens is 2. The van der Waals surface area contributed by atoms with Gasteiger partial charge in [-0.2, -0.15) is 0 Å². The zero-order valence-electron chi connectivity index (χ0n) is 12.7. The Kier molecular flexibility index (Phi) is 6.02. The number of rotatable bonds is 7. The van der Waals surface area contributed by atoms with Crippen molar-refractivity contribution >= 4 is 11.4 Å². The van der Waals surface area contributed by atoms with Gasteiger partial charge in [0.25, 0.3) is 5.69 Å². The van der Waals surface area contributed by atoms with Gasteiger partial charge in [-0.3, -0.25) is 15.0 Å². The molecule has 0 aliphatic rings. The molecule has 0 saturated carbocycles. The molecule has 0 bridgehead atoms. The number of anilines is 1. The smallest absolute Gasteiger partial charge is 0.295 e. The van der Waals surface area contributed by atoms with Crippen molar-refractivity contribution in [1.82, 2.24) is 4.90 Å². The van der Waals surface area contributed by atoms with Gasteiger partial charge in [-0.1, -0.05) is 0 Å². The largest absolute Gasteiger partial charge is 0.376 e. The number of nitrogens with one attached hydrogen (secondary N) is 1. The molecule has 1 aromatic carbocycles. The SMILES string of the molecule is CC(C)N(CCNc1c([N+](=O)[O-])ccc(F)c1F)C(C)C. The molecule has 0 fully saturated rings. The summed E-state index contributed by atoms with van der Waals surface area (Å²) in [6, 6.07) is 2.30. The first-order valence-corrected chi connectivity index (χ1v) is 6.87. The maximum atomic E-state index is 13.7. The molecule has 118 valence electrons. The lowest BCUT2D eigenvalue weighted by molar-refractivity contribution is -0.384. The second-order valence-electron chi connectivity index (χ2n) is 5.36. The summed E-state index contributed by atoms with van der Waals surface area (Å²) >= 11 is 0. The fraction of sp³-hybridized carbons (Fsp3) is 0.571. The van der Waals surface area contributed by atoms with Crippen LogP contribution in [0.15, 0.2) is 12.1 Å². The molecule has 21 heavy (non-hydrogen) atoms. The highest BCUT2D eigenvalue weighted by atomic mass is 19.2. The van der Waals surface area contributed by atoms with Gasteiger partial charge in [0, 0.05) is 31.2 Å². The van der Waals surface area contributed by atoms with Crippen molar-refractivity contribution in [2.75, 3.05) is 18.4 Å². The Morgan fingerprint density at radius 2 is 1.81 bits per heavy atom. The Labute approximate surface area is 123 Å². The third-order valence-corrected chi connectivity index (χ3v) is 3.27. The molecule has 0 unspecified atom stereocenters. The maximum absolute atomic E-state index is 13.7. The summed E-state index contributed by atoms with van der Waals surface area (Å²) < 4.78 is 26.9. The fourth-order valence-electron chi connectivity index (χ4n) is 2.28. The molecule has 5 nitrogen and oxygen atoms in total. The van der Waals surface area contributed by atoms with E-state index in [4.69, 9.17) is 0 Å². The molecule has 0 aliphatic carbocycles. The Hall–Kier alpha value is -1.76. The van der Waals surface area contributed by atoms with Gasteiger partial charge in [0.2, 0.25) is 0 Å². The average molecular weight is 301 g/mol. The number of benzene rings is 1. The molecule has 0 radical (unpaired) electrons. The van der Waals surface area contributed by atoms with E-state index in [1.54, 1.807) is 0 Å². The van der Waals surface area contributed by atoms with E-state index in [1.165, 1.54) is 0 Å². The van der Waals surface area contributed by atoms with Crippen molar-refractivity contribution in [3.05, 3.63) is 33.9 Å². The highest BCUT2D eigenvalue weighted by Gasteiger charge is 2.21. The molecule has 1 N–H and O–H groups in total. The molecule has 0 heterocycles. The van der Waals surface area contributed by atoms with Gasteiger partial charge < -0.3 is 5.32 Å². The fourth-order valence-corrected chi connectivity index (χ4v) is 2.28. The van der Waals surface area contributed by atoms with Gasteiger partial charge in [0.15, 0.2) is 17.3 Å². The standard InChI is InChI=1S/C14H21F2N3O2/c1-9(2)18(10(3)4)8-7-17-14-12(19(20)21)6-5-11(15)13(14)16/h5-6,9-10,17H,7-8H2,1-4H3. The van der Waals surface area contributed by atoms with E-state index in [1.807, 2.05) is 27.7 Å². The van der Waals surface area contributed by atoms with Crippen molar-refractivity contribution in [1.29, 1.82) is 0 Å². The second-order valence-corrected chi connectivity index (χ2v) is 5.36. The number of nitrogens with zero attached hydrogens (tertiary/aromatic N) is 2. The summed E-state index contributed by atoms with van der Waals surface area (Å²) in [6.07, 6.45) is 0. The number of hydrogen-bond donors (Lipinski definition) is 1. The average Bonchev–Trinajstić information content (AvgIpc) is 2.37. The number of nitro benzene ring substituents is 1. The molecule has 0 spiro atoms. The van der Waals surface area contributed by atoms with Crippen LogP contribution in [-0.4, -0.2) is 35.0 Å². The molecule has 0 atom stereocenters. The van der Waals surface area contributed by atoms with Crippen LogP contribution in [0.25, 0.3) is 0 Å². The molecule has 0 aromatic heterocycles. The van der Waals surface area contributed by atoms with Crippen molar-refractivity contribution in [2.45, 2.75) is 39.8 Å². The predicted octanol–water partition coefficient (Wildman–Crippen LogP) is 3.40. The highest BCUT2D eigenvalue weighted by molar-refractivity contribution is 5.62. The maximum Gasteiger partial charge on any atom is 0.295 e. The summed E-state index contributed by atoms with van der Waals surface area (Å²) in [5.74, 6) is -2.32. The summed E-state index contributed by atoms with van der Waals surface area (Å²) in [5, 5.41) is 13.5. The third kappa shape index (κ3) is 4.35. The predicted molar refractivity (Wildman–Crippen MR) is 78.5 cm³/mol. The van der Waals surface area contributed by atoms with Crippen molar-refractivity contribution < 1.29 is 13.7 Å². The van der Waals surface area contributed by atoms with Crippen LogP contribution in [0.5, 0.6) is 0 Å². The van der Waals surface area contributed by atoms with Crippen LogP contribution in [0.1, 0.15) is 27.7 Å². The quantitative estimate of drug-likeness (QED) is 0.619. The molecular formula is C14H21F2N3O2. The van der Waals surface area contributed by atoms with Crippen LogP contribution in [0, 0.1) is 21.7 Å². The molecule has 0 amide bonds. The van der Waals surface area contributed by atoms with Crippen LogP contribution >= 0.6 is 0 Å². The summed E-state index contributed by atoms with van der Waals surface area (Å²) in [6.45, 7) is 8.99. The number of hydrogen-bond acceptors (Lipinski definition) is 4. The summed E-state index contributed by atoms with van der Waals surface area (Å²) in [5.41, 5.74) is -0.859. The first-order valence-electron chi connectivity index (χ1n) is 6.87. The molecule has 1 aromatic rings. The molecule has 0 aliphatic heterocycles. The Bertz CT molecular complexity index is 499. The third-order valence-electron chi connectivity index (χ3n) is 3.27. The van der Waals surface area contributed by atoms with E-state index in [2.05, 4.69) is 10.2 Å².